The monoisotopic (exact) mass is 248 g/mol. The van der Waals surface area contributed by atoms with Crippen LogP contribution < -0.4 is 0 Å². The second kappa shape index (κ2) is 11.1. The van der Waals surface area contributed by atoms with Crippen LogP contribution in [0.15, 0.2) is 0 Å². The Morgan fingerprint density at radius 1 is 1.12 bits per heavy atom. The lowest BCUT2D eigenvalue weighted by Gasteiger charge is -2.15. The zero-order valence-electron chi connectivity index (χ0n) is 10.4. The first-order chi connectivity index (χ1) is 7.70. The van der Waals surface area contributed by atoms with E-state index in [0.29, 0.717) is 0 Å². The van der Waals surface area contributed by atoms with Crippen molar-refractivity contribution in [2.45, 2.75) is 52.0 Å². The van der Waals surface area contributed by atoms with Gasteiger partial charge in [0, 0.05) is 19.6 Å². The quantitative estimate of drug-likeness (QED) is 0.450. The van der Waals surface area contributed by atoms with Gasteiger partial charge in [0.1, 0.15) is 0 Å². The first kappa shape index (κ1) is 15.6. The first-order valence-corrected chi connectivity index (χ1v) is 7.91. The van der Waals surface area contributed by atoms with E-state index in [0.717, 1.165) is 44.9 Å². The lowest BCUT2D eigenvalue weighted by atomic mass is 10.2. The molecule has 0 rings (SSSR count). The summed E-state index contributed by atoms with van der Waals surface area (Å²) in [5.74, 6) is -0.720. The lowest BCUT2D eigenvalue weighted by molar-refractivity contribution is -0.137. The van der Waals surface area contributed by atoms with E-state index in [-0.39, 0.29) is 6.42 Å². The van der Waals surface area contributed by atoms with Gasteiger partial charge in [0.2, 0.25) is 0 Å². The molecule has 0 atom stereocenters. The Morgan fingerprint density at radius 3 is 2.12 bits per heavy atom. The van der Waals surface area contributed by atoms with E-state index in [1.807, 2.05) is 0 Å². The zero-order valence-corrected chi connectivity index (χ0v) is 11.6. The third-order valence-corrected chi connectivity index (χ3v) is 4.19. The number of rotatable bonds is 11. The van der Waals surface area contributed by atoms with Crippen LogP contribution in [-0.4, -0.2) is 33.6 Å². The molecule has 0 aliphatic rings. The lowest BCUT2D eigenvalue weighted by Crippen LogP contribution is -2.23. The van der Waals surface area contributed by atoms with E-state index in [4.69, 9.17) is 14.0 Å². The highest BCUT2D eigenvalue weighted by atomic mass is 28.3. The molecule has 0 spiro atoms. The molecular formula is C11H24O4Si. The molecule has 16 heavy (non-hydrogen) atoms. The summed E-state index contributed by atoms with van der Waals surface area (Å²) in [5.41, 5.74) is 0. The number of carboxylic acid groups (broad SMARTS) is 1. The maximum atomic E-state index is 10.3. The first-order valence-electron chi connectivity index (χ1n) is 6.15. The normalized spacial score (nSPS) is 10.9. The molecule has 0 saturated carbocycles. The van der Waals surface area contributed by atoms with Crippen LogP contribution in [0.4, 0.5) is 0 Å². The van der Waals surface area contributed by atoms with Crippen molar-refractivity contribution in [1.82, 2.24) is 0 Å². The smallest absolute Gasteiger partial charge is 0.321 e. The molecule has 0 radical (unpaired) electrons. The molecule has 0 aliphatic heterocycles. The van der Waals surface area contributed by atoms with Crippen molar-refractivity contribution >= 4 is 15.3 Å². The molecule has 96 valence electrons. The van der Waals surface area contributed by atoms with Crippen molar-refractivity contribution in [2.75, 3.05) is 13.2 Å². The van der Waals surface area contributed by atoms with Gasteiger partial charge >= 0.3 is 15.3 Å². The number of hydrogen-bond acceptors (Lipinski definition) is 3. The summed E-state index contributed by atoms with van der Waals surface area (Å²) < 4.78 is 11.3. The van der Waals surface area contributed by atoms with Crippen molar-refractivity contribution < 1.29 is 18.8 Å². The maximum Gasteiger partial charge on any atom is 0.321 e. The fourth-order valence-corrected chi connectivity index (χ4v) is 3.35. The second-order valence-corrected chi connectivity index (χ2v) is 5.91. The Bertz CT molecular complexity index is 167. The third kappa shape index (κ3) is 10.1. The summed E-state index contributed by atoms with van der Waals surface area (Å²) in [4.78, 5) is 10.3. The van der Waals surface area contributed by atoms with Crippen LogP contribution in [0.5, 0.6) is 0 Å². The fraction of sp³-hybridized carbons (Fsp3) is 0.909. The zero-order chi connectivity index (χ0) is 12.2. The van der Waals surface area contributed by atoms with Gasteiger partial charge in [-0.25, -0.2) is 0 Å². The summed E-state index contributed by atoms with van der Waals surface area (Å²) in [5, 5.41) is 8.51. The molecule has 0 unspecified atom stereocenters. The highest BCUT2D eigenvalue weighted by molar-refractivity contribution is 6.44. The van der Waals surface area contributed by atoms with Crippen LogP contribution in [-0.2, 0) is 13.6 Å². The van der Waals surface area contributed by atoms with Gasteiger partial charge in [0.15, 0.2) is 0 Å². The van der Waals surface area contributed by atoms with Crippen molar-refractivity contribution in [2.24, 2.45) is 0 Å². The molecule has 0 amide bonds. The van der Waals surface area contributed by atoms with Gasteiger partial charge in [0.05, 0.1) is 0 Å². The molecule has 0 aromatic carbocycles. The molecule has 0 fully saturated rings. The molecule has 0 heterocycles. The van der Waals surface area contributed by atoms with Crippen molar-refractivity contribution in [1.29, 1.82) is 0 Å². The fourth-order valence-electron chi connectivity index (χ4n) is 1.30. The average molecular weight is 248 g/mol. The number of carbonyl (C=O) groups is 1. The molecule has 1 N–H and O–H groups in total. The number of aliphatic carboxylic acids is 1. The van der Waals surface area contributed by atoms with Crippen LogP contribution in [0.25, 0.3) is 0 Å². The van der Waals surface area contributed by atoms with Crippen LogP contribution in [0.1, 0.15) is 46.0 Å². The largest absolute Gasteiger partial charge is 0.481 e. The molecule has 4 nitrogen and oxygen atoms in total. The van der Waals surface area contributed by atoms with Crippen LogP contribution in [0.2, 0.25) is 6.04 Å². The highest BCUT2D eigenvalue weighted by Gasteiger charge is 2.12. The van der Waals surface area contributed by atoms with Crippen molar-refractivity contribution in [3.63, 3.8) is 0 Å². The SMILES string of the molecule is CCCO[SiH](CCCCC(=O)O)OCCC. The minimum absolute atomic E-state index is 0.253. The van der Waals surface area contributed by atoms with Gasteiger partial charge in [-0.05, 0) is 25.3 Å². The second-order valence-electron chi connectivity index (χ2n) is 3.81. The van der Waals surface area contributed by atoms with Crippen molar-refractivity contribution in [3.8, 4) is 0 Å². The standard InChI is InChI=1S/C11H24O4Si/c1-3-8-14-16(15-9-4-2)10-6-5-7-11(12)13/h16H,3-10H2,1-2H3,(H,12,13). The predicted molar refractivity (Wildman–Crippen MR) is 65.9 cm³/mol. The Labute approximate surface area is 99.8 Å². The van der Waals surface area contributed by atoms with E-state index in [1.165, 1.54) is 0 Å². The topological polar surface area (TPSA) is 55.8 Å². The predicted octanol–water partition coefficient (Wildman–Crippen LogP) is 2.32. The van der Waals surface area contributed by atoms with E-state index in [1.54, 1.807) is 0 Å². The molecule has 5 heteroatoms. The summed E-state index contributed by atoms with van der Waals surface area (Å²) in [6.45, 7) is 5.69. The molecule has 0 bridgehead atoms. The molecule has 0 aromatic rings. The third-order valence-electron chi connectivity index (χ3n) is 2.10. The van der Waals surface area contributed by atoms with Gasteiger partial charge in [-0.1, -0.05) is 20.3 Å². The Hall–Kier alpha value is -0.393. The summed E-state index contributed by atoms with van der Waals surface area (Å²) >= 11 is 0. The van der Waals surface area contributed by atoms with Crippen LogP contribution in [0.3, 0.4) is 0 Å². The van der Waals surface area contributed by atoms with E-state index < -0.39 is 15.3 Å². The number of hydrogen-bond donors (Lipinski definition) is 1. The van der Waals surface area contributed by atoms with E-state index in [2.05, 4.69) is 13.8 Å². The van der Waals surface area contributed by atoms with Gasteiger partial charge in [-0.2, -0.15) is 0 Å². The molecule has 0 aliphatic carbocycles. The van der Waals surface area contributed by atoms with Crippen LogP contribution >= 0.6 is 0 Å². The summed E-state index contributed by atoms with van der Waals surface area (Å²) in [7, 11) is -1.52. The molecule has 0 saturated heterocycles. The van der Waals surface area contributed by atoms with Gasteiger partial charge < -0.3 is 14.0 Å². The minimum Gasteiger partial charge on any atom is -0.481 e. The van der Waals surface area contributed by atoms with Gasteiger partial charge in [-0.15, -0.1) is 0 Å². The van der Waals surface area contributed by atoms with E-state index in [9.17, 15) is 4.79 Å². The van der Waals surface area contributed by atoms with Crippen molar-refractivity contribution in [3.05, 3.63) is 0 Å². The Balaban J connectivity index is 3.59. The van der Waals surface area contributed by atoms with Gasteiger partial charge in [-0.3, -0.25) is 4.79 Å². The summed E-state index contributed by atoms with van der Waals surface area (Å²) in [6, 6.07) is 0.924. The van der Waals surface area contributed by atoms with Crippen LogP contribution in [0, 0.1) is 0 Å². The molecule has 0 aromatic heterocycles. The summed E-state index contributed by atoms with van der Waals surface area (Å²) in [6.07, 6.45) is 3.89. The number of unbranched alkanes of at least 4 members (excludes halogenated alkanes) is 1. The average Bonchev–Trinajstić information content (AvgIpc) is 2.26. The van der Waals surface area contributed by atoms with Gasteiger partial charge in [0.25, 0.3) is 0 Å². The molecular weight excluding hydrogens is 224 g/mol. The highest BCUT2D eigenvalue weighted by Crippen LogP contribution is 2.07. The Kier molecular flexibility index (Phi) is 10.8. The number of carboxylic acids is 1. The maximum absolute atomic E-state index is 10.3. The Morgan fingerprint density at radius 2 is 1.69 bits per heavy atom. The van der Waals surface area contributed by atoms with E-state index >= 15 is 0 Å². The minimum atomic E-state index is -1.52.